The van der Waals surface area contributed by atoms with Crippen molar-refractivity contribution in [2.75, 3.05) is 6.61 Å². The Hall–Kier alpha value is 0.107. The topological polar surface area (TPSA) is 9.23 Å². The van der Waals surface area contributed by atoms with E-state index in [1.54, 1.807) is 0 Å². The van der Waals surface area contributed by atoms with Crippen LogP contribution in [0.5, 0.6) is 0 Å². The summed E-state index contributed by atoms with van der Waals surface area (Å²) in [5, 5.41) is 0.215. The molecular weight excluding hydrogens is 231 g/mol. The third-order valence-electron chi connectivity index (χ3n) is 5.08. The highest BCUT2D eigenvalue weighted by molar-refractivity contribution is 6.74. The van der Waals surface area contributed by atoms with Crippen LogP contribution in [-0.4, -0.2) is 21.1 Å². The molecule has 102 valence electrons. The Morgan fingerprint density at radius 3 is 2.12 bits per heavy atom. The maximum atomic E-state index is 13.9. The van der Waals surface area contributed by atoms with Crippen molar-refractivity contribution in [1.29, 1.82) is 0 Å². The lowest BCUT2D eigenvalue weighted by molar-refractivity contribution is 0.140. The Morgan fingerprint density at radius 1 is 1.24 bits per heavy atom. The molecule has 0 amide bonds. The number of alkyl halides is 1. The molecule has 1 fully saturated rings. The van der Waals surface area contributed by atoms with Gasteiger partial charge in [0, 0.05) is 12.5 Å². The second-order valence-electron chi connectivity index (χ2n) is 7.32. The van der Waals surface area contributed by atoms with E-state index in [0.717, 1.165) is 0 Å². The predicted molar refractivity (Wildman–Crippen MR) is 74.5 cm³/mol. The van der Waals surface area contributed by atoms with Gasteiger partial charge >= 0.3 is 0 Å². The third-order valence-corrected chi connectivity index (χ3v) is 9.58. The van der Waals surface area contributed by atoms with E-state index in [1.807, 2.05) is 0 Å². The SMILES string of the molecule is CC1CC(F)[C@@H](CO[Si](C)(C)C(C)(C)C)[C@@H]1C. The van der Waals surface area contributed by atoms with Gasteiger partial charge < -0.3 is 4.43 Å². The van der Waals surface area contributed by atoms with E-state index in [4.69, 9.17) is 4.43 Å². The van der Waals surface area contributed by atoms with E-state index >= 15 is 0 Å². The number of halogens is 1. The predicted octanol–water partition coefficient (Wildman–Crippen LogP) is 4.64. The molecule has 0 heterocycles. The maximum Gasteiger partial charge on any atom is 0.191 e. The Morgan fingerprint density at radius 2 is 1.76 bits per heavy atom. The average Bonchev–Trinajstić information content (AvgIpc) is 2.37. The van der Waals surface area contributed by atoms with E-state index in [1.165, 1.54) is 0 Å². The van der Waals surface area contributed by atoms with Gasteiger partial charge in [-0.2, -0.15) is 0 Å². The molecule has 1 nitrogen and oxygen atoms in total. The number of hydrogen-bond donors (Lipinski definition) is 0. The third kappa shape index (κ3) is 3.31. The van der Waals surface area contributed by atoms with Crippen LogP contribution >= 0.6 is 0 Å². The van der Waals surface area contributed by atoms with Gasteiger partial charge in [0.05, 0.1) is 0 Å². The molecule has 1 aliphatic rings. The first kappa shape index (κ1) is 15.2. The summed E-state index contributed by atoms with van der Waals surface area (Å²) in [5.41, 5.74) is 0. The Labute approximate surface area is 107 Å². The van der Waals surface area contributed by atoms with Crippen LogP contribution in [0.2, 0.25) is 18.1 Å². The molecule has 4 atom stereocenters. The first-order valence-electron chi connectivity index (χ1n) is 6.84. The fourth-order valence-corrected chi connectivity index (χ4v) is 3.32. The molecule has 0 aromatic rings. The molecule has 1 aliphatic carbocycles. The molecule has 0 N–H and O–H groups in total. The minimum Gasteiger partial charge on any atom is -0.416 e. The van der Waals surface area contributed by atoms with E-state index < -0.39 is 14.5 Å². The smallest absolute Gasteiger partial charge is 0.191 e. The van der Waals surface area contributed by atoms with Crippen LogP contribution in [0.1, 0.15) is 41.0 Å². The lowest BCUT2D eigenvalue weighted by Crippen LogP contribution is -2.42. The Balaban J connectivity index is 2.57. The van der Waals surface area contributed by atoms with Crippen molar-refractivity contribution in [3.05, 3.63) is 0 Å². The van der Waals surface area contributed by atoms with Crippen molar-refractivity contribution in [3.8, 4) is 0 Å². The van der Waals surface area contributed by atoms with Crippen molar-refractivity contribution >= 4 is 8.32 Å². The quantitative estimate of drug-likeness (QED) is 0.672. The molecule has 0 bridgehead atoms. The summed E-state index contributed by atoms with van der Waals surface area (Å²) in [4.78, 5) is 0. The van der Waals surface area contributed by atoms with Crippen molar-refractivity contribution < 1.29 is 8.82 Å². The molecule has 1 rings (SSSR count). The van der Waals surface area contributed by atoms with Gasteiger partial charge in [-0.05, 0) is 36.4 Å². The van der Waals surface area contributed by atoms with Crippen LogP contribution in [0.15, 0.2) is 0 Å². The van der Waals surface area contributed by atoms with Crippen LogP contribution in [0.3, 0.4) is 0 Å². The zero-order valence-corrected chi connectivity index (χ0v) is 13.5. The molecule has 0 radical (unpaired) electrons. The van der Waals surface area contributed by atoms with Crippen molar-refractivity contribution in [3.63, 3.8) is 0 Å². The standard InChI is InChI=1S/C14H29FOSi/c1-10-8-13(15)12(11(10)2)9-16-17(6,7)14(3,4)5/h10-13H,8-9H2,1-7H3/t10?,11-,12+,13?/m1/s1. The molecule has 0 saturated heterocycles. The first-order valence-corrected chi connectivity index (χ1v) is 9.75. The number of hydrogen-bond acceptors (Lipinski definition) is 1. The zero-order chi connectivity index (χ0) is 13.4. The van der Waals surface area contributed by atoms with E-state index in [-0.39, 0.29) is 11.0 Å². The van der Waals surface area contributed by atoms with Gasteiger partial charge in [-0.15, -0.1) is 0 Å². The van der Waals surface area contributed by atoms with Gasteiger partial charge in [0.1, 0.15) is 6.17 Å². The first-order chi connectivity index (χ1) is 7.56. The van der Waals surface area contributed by atoms with Crippen molar-refractivity contribution in [2.45, 2.75) is 65.3 Å². The monoisotopic (exact) mass is 260 g/mol. The van der Waals surface area contributed by atoms with Gasteiger partial charge in [-0.1, -0.05) is 34.6 Å². The van der Waals surface area contributed by atoms with Gasteiger partial charge in [-0.25, -0.2) is 4.39 Å². The summed E-state index contributed by atoms with van der Waals surface area (Å²) in [7, 11) is -1.72. The van der Waals surface area contributed by atoms with Crippen LogP contribution in [0, 0.1) is 17.8 Å². The molecule has 0 aromatic heterocycles. The van der Waals surface area contributed by atoms with Crippen molar-refractivity contribution in [1.82, 2.24) is 0 Å². The fourth-order valence-electron chi connectivity index (χ4n) is 2.27. The second-order valence-corrected chi connectivity index (χ2v) is 12.1. The molecule has 0 spiro atoms. The Bertz CT molecular complexity index is 259. The summed E-state index contributed by atoms with van der Waals surface area (Å²) in [5.74, 6) is 1.06. The molecule has 3 heteroatoms. The van der Waals surface area contributed by atoms with E-state index in [2.05, 4.69) is 47.7 Å². The van der Waals surface area contributed by atoms with E-state index in [9.17, 15) is 4.39 Å². The van der Waals surface area contributed by atoms with E-state index in [0.29, 0.717) is 24.9 Å². The Kier molecular flexibility index (Phi) is 4.46. The molecule has 2 unspecified atom stereocenters. The fraction of sp³-hybridized carbons (Fsp3) is 1.00. The molecule has 17 heavy (non-hydrogen) atoms. The van der Waals surface area contributed by atoms with Crippen molar-refractivity contribution in [2.24, 2.45) is 17.8 Å². The summed E-state index contributed by atoms with van der Waals surface area (Å²) in [6, 6.07) is 0. The summed E-state index contributed by atoms with van der Waals surface area (Å²) in [6.07, 6.45) is 0.0527. The highest BCUT2D eigenvalue weighted by atomic mass is 28.4. The average molecular weight is 260 g/mol. The van der Waals surface area contributed by atoms with Crippen LogP contribution in [0.4, 0.5) is 4.39 Å². The molecule has 0 aromatic carbocycles. The summed E-state index contributed by atoms with van der Waals surface area (Å²) in [6.45, 7) is 16.1. The largest absolute Gasteiger partial charge is 0.416 e. The summed E-state index contributed by atoms with van der Waals surface area (Å²) < 4.78 is 20.1. The van der Waals surface area contributed by atoms with Crippen LogP contribution in [0.25, 0.3) is 0 Å². The normalized spacial score (nSPS) is 35.3. The minimum absolute atomic E-state index is 0.110. The van der Waals surface area contributed by atoms with Gasteiger partial charge in [0.25, 0.3) is 0 Å². The lowest BCUT2D eigenvalue weighted by atomic mass is 9.93. The number of rotatable bonds is 3. The highest BCUT2D eigenvalue weighted by Gasteiger charge is 2.42. The van der Waals surface area contributed by atoms with Gasteiger partial charge in [0.2, 0.25) is 0 Å². The molecular formula is C14H29FOSi. The molecule has 1 saturated carbocycles. The molecule has 0 aliphatic heterocycles. The second kappa shape index (κ2) is 5.00. The van der Waals surface area contributed by atoms with Gasteiger partial charge in [-0.3, -0.25) is 0 Å². The van der Waals surface area contributed by atoms with Crippen LogP contribution in [-0.2, 0) is 4.43 Å². The lowest BCUT2D eigenvalue weighted by Gasteiger charge is -2.37. The van der Waals surface area contributed by atoms with Crippen LogP contribution < -0.4 is 0 Å². The maximum absolute atomic E-state index is 13.9. The zero-order valence-electron chi connectivity index (χ0n) is 12.5. The summed E-state index contributed by atoms with van der Waals surface area (Å²) >= 11 is 0. The van der Waals surface area contributed by atoms with Gasteiger partial charge in [0.15, 0.2) is 8.32 Å². The highest BCUT2D eigenvalue weighted by Crippen LogP contribution is 2.41. The minimum atomic E-state index is -1.72.